The number of pyridine rings is 1. The molecule has 2 aromatic carbocycles. The van der Waals surface area contributed by atoms with Gasteiger partial charge in [0.1, 0.15) is 0 Å². The lowest BCUT2D eigenvalue weighted by Crippen LogP contribution is -2.25. The molecule has 1 heterocycles. The number of halogens is 1. The first-order valence-corrected chi connectivity index (χ1v) is 9.21. The van der Waals surface area contributed by atoms with E-state index < -0.39 is 0 Å². The number of benzene rings is 2. The molecule has 4 nitrogen and oxygen atoms in total. The number of amides is 1. The van der Waals surface area contributed by atoms with Gasteiger partial charge >= 0.3 is 0 Å². The Kier molecular flexibility index (Phi) is 6.09. The van der Waals surface area contributed by atoms with Crippen molar-refractivity contribution in [1.29, 1.82) is 0 Å². The van der Waals surface area contributed by atoms with Crippen LogP contribution in [0.3, 0.4) is 0 Å². The number of anilines is 2. The van der Waals surface area contributed by atoms with Crippen molar-refractivity contribution in [3.8, 4) is 0 Å². The number of carbonyl (C=O) groups is 1. The summed E-state index contributed by atoms with van der Waals surface area (Å²) in [4.78, 5) is 16.6. The summed E-state index contributed by atoms with van der Waals surface area (Å²) in [6.07, 6.45) is 4.03. The minimum Gasteiger partial charge on any atom is -0.353 e. The Labute approximate surface area is 164 Å². The van der Waals surface area contributed by atoms with Gasteiger partial charge in [0.25, 0.3) is 5.91 Å². The molecule has 2 N–H and O–H groups in total. The molecular formula is C22H22ClN3O. The molecular weight excluding hydrogens is 358 g/mol. The molecule has 3 rings (SSSR count). The second-order valence-electron chi connectivity index (χ2n) is 6.52. The van der Waals surface area contributed by atoms with Crippen LogP contribution in [-0.4, -0.2) is 17.4 Å². The van der Waals surface area contributed by atoms with Crippen LogP contribution in [0.5, 0.6) is 0 Å². The molecule has 0 bridgehead atoms. The summed E-state index contributed by atoms with van der Waals surface area (Å²) in [5.74, 6) is -0.145. The van der Waals surface area contributed by atoms with Crippen LogP contribution in [0.1, 0.15) is 27.0 Å². The fourth-order valence-corrected chi connectivity index (χ4v) is 3.29. The monoisotopic (exact) mass is 379 g/mol. The number of hydrogen-bond donors (Lipinski definition) is 2. The molecule has 5 heteroatoms. The van der Waals surface area contributed by atoms with Crippen LogP contribution in [0.2, 0.25) is 5.02 Å². The Balaban J connectivity index is 1.65. The third-order valence-electron chi connectivity index (χ3n) is 4.24. The van der Waals surface area contributed by atoms with Gasteiger partial charge in [-0.1, -0.05) is 48.0 Å². The van der Waals surface area contributed by atoms with Crippen LogP contribution in [-0.2, 0) is 6.42 Å². The van der Waals surface area contributed by atoms with Gasteiger partial charge < -0.3 is 10.6 Å². The summed E-state index contributed by atoms with van der Waals surface area (Å²) in [5.41, 5.74) is 5.39. The van der Waals surface area contributed by atoms with Crippen LogP contribution in [0.15, 0.2) is 60.9 Å². The minimum absolute atomic E-state index is 0.145. The summed E-state index contributed by atoms with van der Waals surface area (Å²) >= 11 is 6.35. The highest BCUT2D eigenvalue weighted by Crippen LogP contribution is 2.30. The van der Waals surface area contributed by atoms with Crippen LogP contribution >= 0.6 is 11.6 Å². The van der Waals surface area contributed by atoms with E-state index >= 15 is 0 Å². The lowest BCUT2D eigenvalue weighted by Gasteiger charge is -2.13. The summed E-state index contributed by atoms with van der Waals surface area (Å²) in [5, 5.41) is 6.85. The molecule has 0 radical (unpaired) electrons. The van der Waals surface area contributed by atoms with E-state index in [-0.39, 0.29) is 5.91 Å². The van der Waals surface area contributed by atoms with Crippen molar-refractivity contribution in [3.63, 3.8) is 0 Å². The van der Waals surface area contributed by atoms with Crippen LogP contribution in [0.25, 0.3) is 0 Å². The standard InChI is InChI=1S/C22H22ClN3O/c1-15-10-16(2)21(20(23)11-15)26-19-12-18(13-24-14-19)22(27)25-9-8-17-6-4-3-5-7-17/h3-7,10-14,26H,8-9H2,1-2H3,(H,25,27). The number of aryl methyl sites for hydroxylation is 2. The van der Waals surface area contributed by atoms with Gasteiger partial charge in [-0.15, -0.1) is 0 Å². The molecule has 1 aromatic heterocycles. The molecule has 0 spiro atoms. The van der Waals surface area contributed by atoms with E-state index in [0.717, 1.165) is 28.9 Å². The Morgan fingerprint density at radius 1 is 1.07 bits per heavy atom. The Morgan fingerprint density at radius 3 is 2.59 bits per heavy atom. The Hall–Kier alpha value is -2.85. The minimum atomic E-state index is -0.145. The molecule has 0 saturated carbocycles. The van der Waals surface area contributed by atoms with E-state index in [2.05, 4.69) is 21.7 Å². The molecule has 3 aromatic rings. The van der Waals surface area contributed by atoms with Crippen LogP contribution in [0, 0.1) is 13.8 Å². The van der Waals surface area contributed by atoms with Gasteiger partial charge in [-0.2, -0.15) is 0 Å². The van der Waals surface area contributed by atoms with Crippen molar-refractivity contribution in [3.05, 3.63) is 88.2 Å². The highest BCUT2D eigenvalue weighted by molar-refractivity contribution is 6.33. The van der Waals surface area contributed by atoms with Gasteiger partial charge in [-0.05, 0) is 49.1 Å². The third kappa shape index (κ3) is 5.08. The summed E-state index contributed by atoms with van der Waals surface area (Å²) < 4.78 is 0. The van der Waals surface area contributed by atoms with Crippen molar-refractivity contribution in [2.24, 2.45) is 0 Å². The first kappa shape index (κ1) is 18.9. The molecule has 0 aliphatic heterocycles. The van der Waals surface area contributed by atoms with E-state index in [1.165, 1.54) is 5.56 Å². The molecule has 1 amide bonds. The van der Waals surface area contributed by atoms with Crippen LogP contribution < -0.4 is 10.6 Å². The number of nitrogens with one attached hydrogen (secondary N) is 2. The summed E-state index contributed by atoms with van der Waals surface area (Å²) in [6.45, 7) is 4.57. The zero-order chi connectivity index (χ0) is 19.2. The van der Waals surface area contributed by atoms with Crippen molar-refractivity contribution in [1.82, 2.24) is 10.3 Å². The van der Waals surface area contributed by atoms with E-state index in [1.807, 2.05) is 50.2 Å². The fourth-order valence-electron chi connectivity index (χ4n) is 2.92. The van der Waals surface area contributed by atoms with Gasteiger partial charge in [0.15, 0.2) is 0 Å². The number of rotatable bonds is 6. The predicted octanol–water partition coefficient (Wildman–Crippen LogP) is 5.07. The fraction of sp³-hybridized carbons (Fsp3) is 0.182. The Bertz CT molecular complexity index is 918. The number of aromatic nitrogens is 1. The van der Waals surface area contributed by atoms with Gasteiger partial charge in [-0.25, -0.2) is 0 Å². The van der Waals surface area contributed by atoms with E-state index in [1.54, 1.807) is 18.5 Å². The number of hydrogen-bond acceptors (Lipinski definition) is 3. The smallest absolute Gasteiger partial charge is 0.252 e. The molecule has 0 aliphatic rings. The molecule has 0 aliphatic carbocycles. The quantitative estimate of drug-likeness (QED) is 0.628. The zero-order valence-corrected chi connectivity index (χ0v) is 16.2. The van der Waals surface area contributed by atoms with Crippen molar-refractivity contribution in [2.45, 2.75) is 20.3 Å². The summed E-state index contributed by atoms with van der Waals surface area (Å²) in [6, 6.07) is 15.8. The first-order valence-electron chi connectivity index (χ1n) is 8.84. The third-order valence-corrected chi connectivity index (χ3v) is 4.54. The lowest BCUT2D eigenvalue weighted by molar-refractivity contribution is 0.0954. The molecule has 0 unspecified atom stereocenters. The van der Waals surface area contributed by atoms with E-state index in [0.29, 0.717) is 17.1 Å². The van der Waals surface area contributed by atoms with E-state index in [4.69, 9.17) is 11.6 Å². The lowest BCUT2D eigenvalue weighted by atomic mass is 10.1. The van der Waals surface area contributed by atoms with Gasteiger partial charge in [-0.3, -0.25) is 9.78 Å². The molecule has 0 atom stereocenters. The maximum absolute atomic E-state index is 12.4. The molecule has 138 valence electrons. The van der Waals surface area contributed by atoms with Gasteiger partial charge in [0.05, 0.1) is 28.2 Å². The second kappa shape index (κ2) is 8.69. The summed E-state index contributed by atoms with van der Waals surface area (Å²) in [7, 11) is 0. The SMILES string of the molecule is Cc1cc(C)c(Nc2cncc(C(=O)NCCc3ccccc3)c2)c(Cl)c1. The molecule has 0 fully saturated rings. The first-order chi connectivity index (χ1) is 13.0. The predicted molar refractivity (Wildman–Crippen MR) is 111 cm³/mol. The van der Waals surface area contributed by atoms with E-state index in [9.17, 15) is 4.79 Å². The van der Waals surface area contributed by atoms with Crippen molar-refractivity contribution >= 4 is 28.9 Å². The normalized spacial score (nSPS) is 10.5. The van der Waals surface area contributed by atoms with Gasteiger partial charge in [0.2, 0.25) is 0 Å². The highest BCUT2D eigenvalue weighted by Gasteiger charge is 2.09. The zero-order valence-electron chi connectivity index (χ0n) is 15.4. The highest BCUT2D eigenvalue weighted by atomic mass is 35.5. The maximum atomic E-state index is 12.4. The molecule has 27 heavy (non-hydrogen) atoms. The van der Waals surface area contributed by atoms with Crippen LogP contribution in [0.4, 0.5) is 11.4 Å². The maximum Gasteiger partial charge on any atom is 0.252 e. The average Bonchev–Trinajstić information content (AvgIpc) is 2.66. The number of carbonyl (C=O) groups excluding carboxylic acids is 1. The Morgan fingerprint density at radius 2 is 1.85 bits per heavy atom. The topological polar surface area (TPSA) is 54.0 Å². The van der Waals surface area contributed by atoms with Gasteiger partial charge in [0, 0.05) is 12.7 Å². The van der Waals surface area contributed by atoms with Crippen molar-refractivity contribution < 1.29 is 4.79 Å². The number of nitrogens with zero attached hydrogens (tertiary/aromatic N) is 1. The molecule has 0 saturated heterocycles. The average molecular weight is 380 g/mol. The van der Waals surface area contributed by atoms with Crippen molar-refractivity contribution in [2.75, 3.05) is 11.9 Å². The second-order valence-corrected chi connectivity index (χ2v) is 6.92. The largest absolute Gasteiger partial charge is 0.353 e.